The van der Waals surface area contributed by atoms with Gasteiger partial charge in [0.05, 0.1) is 39.4 Å². The van der Waals surface area contributed by atoms with Crippen LogP contribution in [0.5, 0.6) is 17.2 Å². The molecular formula is C15H23N5O11. The number of anilines is 1. The summed E-state index contributed by atoms with van der Waals surface area (Å²) in [6.45, 7) is 1.57. The highest BCUT2D eigenvalue weighted by Gasteiger charge is 2.20. The average Bonchev–Trinajstić information content (AvgIpc) is 2.69. The summed E-state index contributed by atoms with van der Waals surface area (Å²) >= 11 is 0. The predicted octanol–water partition coefficient (Wildman–Crippen LogP) is 0.0337. The molecule has 2 aromatic rings. The molecule has 1 unspecified atom stereocenters. The molecule has 31 heavy (non-hydrogen) atoms. The van der Waals surface area contributed by atoms with Gasteiger partial charge in [-0.1, -0.05) is 0 Å². The van der Waals surface area contributed by atoms with Crippen molar-refractivity contribution < 1.29 is 45.0 Å². The third-order valence-corrected chi connectivity index (χ3v) is 3.32. The fraction of sp³-hybridized carbons (Fsp3) is 0.467. The van der Waals surface area contributed by atoms with Crippen molar-refractivity contribution in [2.24, 2.45) is 0 Å². The zero-order valence-corrected chi connectivity index (χ0v) is 17.0. The number of aromatic nitrogens is 2. The van der Waals surface area contributed by atoms with Crippen LogP contribution < -0.4 is 19.5 Å². The Bertz CT molecular complexity index is 860. The summed E-state index contributed by atoms with van der Waals surface area (Å²) in [5.41, 5.74) is 0.568. The molecule has 0 spiro atoms. The van der Waals surface area contributed by atoms with Gasteiger partial charge in [0.1, 0.15) is 17.2 Å². The minimum absolute atomic E-state index is 0.152. The summed E-state index contributed by atoms with van der Waals surface area (Å²) in [7, 11) is 4.58. The van der Waals surface area contributed by atoms with Crippen molar-refractivity contribution in [3.8, 4) is 17.2 Å². The van der Waals surface area contributed by atoms with E-state index in [1.165, 1.54) is 21.3 Å². The van der Waals surface area contributed by atoms with E-state index in [2.05, 4.69) is 15.3 Å². The molecule has 16 heteroatoms. The first kappa shape index (κ1) is 27.1. The number of nitrogens with zero attached hydrogens (tertiary/aromatic N) is 4. The Morgan fingerprint density at radius 3 is 2.00 bits per heavy atom. The number of rotatable bonds is 7. The smallest absolute Gasteiger partial charge is 0.291 e. The van der Waals surface area contributed by atoms with Gasteiger partial charge in [-0.3, -0.25) is 0 Å². The molecule has 0 aliphatic heterocycles. The molecular weight excluding hydrogens is 426 g/mol. The summed E-state index contributed by atoms with van der Waals surface area (Å²) in [6.07, 6.45) is -0.887. The van der Waals surface area contributed by atoms with Gasteiger partial charge in [-0.2, -0.15) is 0 Å². The maximum atomic E-state index is 9.52. The Kier molecular flexibility index (Phi) is 11.6. The van der Waals surface area contributed by atoms with Gasteiger partial charge in [0.15, 0.2) is 11.5 Å². The van der Waals surface area contributed by atoms with E-state index in [0.717, 1.165) is 0 Å². The molecule has 174 valence electrons. The maximum Gasteiger partial charge on any atom is 0.291 e. The van der Waals surface area contributed by atoms with E-state index in [1.807, 2.05) is 0 Å². The van der Waals surface area contributed by atoms with Crippen molar-refractivity contribution in [3.63, 3.8) is 0 Å². The van der Waals surface area contributed by atoms with Gasteiger partial charge < -0.3 is 40.2 Å². The van der Waals surface area contributed by atoms with Crippen LogP contribution in [0, 0.1) is 27.2 Å². The summed E-state index contributed by atoms with van der Waals surface area (Å²) in [6, 6.07) is 1.74. The van der Waals surface area contributed by atoms with Crippen LogP contribution in [0.2, 0.25) is 0 Å². The number of aliphatic hydroxyl groups is 2. The molecule has 0 aliphatic carbocycles. The van der Waals surface area contributed by atoms with Gasteiger partial charge in [0.25, 0.3) is 10.2 Å². The molecule has 1 atom stereocenters. The molecule has 0 bridgehead atoms. The molecule has 0 radical (unpaired) electrons. The van der Waals surface area contributed by atoms with Crippen LogP contribution in [-0.4, -0.2) is 81.4 Å². The van der Waals surface area contributed by atoms with Gasteiger partial charge in [0.2, 0.25) is 5.75 Å². The van der Waals surface area contributed by atoms with Crippen molar-refractivity contribution in [2.75, 3.05) is 39.8 Å². The zero-order valence-electron chi connectivity index (χ0n) is 17.0. The Hall–Kier alpha value is -3.92. The molecule has 1 aromatic heterocycles. The van der Waals surface area contributed by atoms with Crippen LogP contribution in [0.3, 0.4) is 0 Å². The highest BCUT2D eigenvalue weighted by Crippen LogP contribution is 2.44. The van der Waals surface area contributed by atoms with E-state index in [-0.39, 0.29) is 13.2 Å². The number of fused-ring (bicyclic) bond motifs is 1. The lowest BCUT2D eigenvalue weighted by Crippen LogP contribution is -2.23. The predicted molar refractivity (Wildman–Crippen MR) is 103 cm³/mol. The van der Waals surface area contributed by atoms with E-state index in [9.17, 15) is 5.11 Å². The number of hydrogen-bond acceptors (Lipinski definition) is 12. The number of aliphatic hydroxyl groups excluding tert-OH is 2. The molecule has 5 N–H and O–H groups in total. The van der Waals surface area contributed by atoms with Crippen molar-refractivity contribution in [1.82, 2.24) is 9.97 Å². The number of nitrogens with one attached hydrogen (secondary N) is 1. The molecule has 1 heterocycles. The van der Waals surface area contributed by atoms with Crippen LogP contribution in [0.1, 0.15) is 5.82 Å². The first-order valence-electron chi connectivity index (χ1n) is 8.18. The van der Waals surface area contributed by atoms with Gasteiger partial charge >= 0.3 is 0 Å². The standard InChI is InChI=1S/C15H21N3O5.2HNO3/c1-8-17-12-10(15(18-8)16-6-9(20)7-19)5-11(21-2)13(22-3)14(12)23-4;2*2-1(3)4/h5,9,19-20H,6-7H2,1-4H3,(H,16,17,18);2*(H,2,3,4). The third kappa shape index (κ3) is 8.96. The monoisotopic (exact) mass is 449 g/mol. The molecule has 16 nitrogen and oxygen atoms in total. The molecule has 1 aromatic carbocycles. The molecule has 0 saturated heterocycles. The first-order valence-corrected chi connectivity index (χ1v) is 8.18. The lowest BCUT2D eigenvalue weighted by molar-refractivity contribution is -0.742. The second kappa shape index (κ2) is 13.3. The largest absolute Gasteiger partial charge is 0.493 e. The Balaban J connectivity index is 0.000000967. The third-order valence-electron chi connectivity index (χ3n) is 3.32. The van der Waals surface area contributed by atoms with E-state index < -0.39 is 16.3 Å². The molecule has 2 rings (SSSR count). The quantitative estimate of drug-likeness (QED) is 0.277. The van der Waals surface area contributed by atoms with Crippen LogP contribution in [-0.2, 0) is 0 Å². The van der Waals surface area contributed by atoms with Gasteiger partial charge in [-0.25, -0.2) is 9.97 Å². The van der Waals surface area contributed by atoms with Crippen LogP contribution in [0.4, 0.5) is 5.82 Å². The Morgan fingerprint density at radius 1 is 1.06 bits per heavy atom. The molecule has 0 aliphatic rings. The Labute approximate surface area is 174 Å². The number of aryl methyl sites for hydroxylation is 1. The maximum absolute atomic E-state index is 9.52. The van der Waals surface area contributed by atoms with Gasteiger partial charge in [0, 0.05) is 6.54 Å². The molecule has 0 fully saturated rings. The second-order valence-electron chi connectivity index (χ2n) is 5.35. The van der Waals surface area contributed by atoms with Crippen LogP contribution in [0.15, 0.2) is 6.07 Å². The lowest BCUT2D eigenvalue weighted by Gasteiger charge is -2.17. The summed E-state index contributed by atoms with van der Waals surface area (Å²) in [4.78, 5) is 25.5. The molecule has 0 saturated carbocycles. The fourth-order valence-electron chi connectivity index (χ4n) is 2.26. The van der Waals surface area contributed by atoms with Crippen molar-refractivity contribution in [1.29, 1.82) is 0 Å². The minimum atomic E-state index is -1.50. The van der Waals surface area contributed by atoms with E-state index in [0.29, 0.717) is 39.8 Å². The van der Waals surface area contributed by atoms with E-state index in [1.54, 1.807) is 13.0 Å². The van der Waals surface area contributed by atoms with Gasteiger partial charge in [-0.05, 0) is 13.0 Å². The summed E-state index contributed by atoms with van der Waals surface area (Å²) in [5.74, 6) is 2.42. The topological polar surface area (TPSA) is 233 Å². The van der Waals surface area contributed by atoms with Crippen molar-refractivity contribution in [2.45, 2.75) is 13.0 Å². The summed E-state index contributed by atoms with van der Waals surface area (Å²) < 4.78 is 16.1. The fourth-order valence-corrected chi connectivity index (χ4v) is 2.26. The van der Waals surface area contributed by atoms with Crippen LogP contribution in [0.25, 0.3) is 10.9 Å². The molecule has 0 amide bonds. The lowest BCUT2D eigenvalue weighted by atomic mass is 10.1. The average molecular weight is 449 g/mol. The van der Waals surface area contributed by atoms with E-state index >= 15 is 0 Å². The van der Waals surface area contributed by atoms with Crippen LogP contribution >= 0.6 is 0 Å². The van der Waals surface area contributed by atoms with Gasteiger partial charge in [-0.15, -0.1) is 20.2 Å². The van der Waals surface area contributed by atoms with Crippen molar-refractivity contribution >= 4 is 16.7 Å². The number of ether oxygens (including phenoxy) is 3. The first-order chi connectivity index (χ1) is 14.5. The highest BCUT2D eigenvalue weighted by atomic mass is 16.9. The number of methoxy groups -OCH3 is 3. The zero-order chi connectivity index (χ0) is 24.1. The van der Waals surface area contributed by atoms with Crippen molar-refractivity contribution in [3.05, 3.63) is 32.1 Å². The van der Waals surface area contributed by atoms with E-state index in [4.69, 9.17) is 50.0 Å². The normalized spacial score (nSPS) is 10.5. The number of hydrogen-bond donors (Lipinski definition) is 5. The SMILES string of the molecule is COc1cc2c(NCC(O)CO)nc(C)nc2c(OC)c1OC.O=[N+]([O-])O.O=[N+]([O-])O. The Morgan fingerprint density at radius 2 is 1.58 bits per heavy atom. The highest BCUT2D eigenvalue weighted by molar-refractivity contribution is 5.96. The second-order valence-corrected chi connectivity index (χ2v) is 5.35. The minimum Gasteiger partial charge on any atom is -0.493 e. The summed E-state index contributed by atoms with van der Waals surface area (Å²) in [5, 5.41) is 49.4. The number of benzene rings is 1.